The van der Waals surface area contributed by atoms with E-state index in [9.17, 15) is 14.4 Å². The second-order valence-corrected chi connectivity index (χ2v) is 10.4. The van der Waals surface area contributed by atoms with Gasteiger partial charge >= 0.3 is 18.2 Å². The zero-order valence-electron chi connectivity index (χ0n) is 25.2. The summed E-state index contributed by atoms with van der Waals surface area (Å²) in [6.45, 7) is 5.81. The van der Waals surface area contributed by atoms with Crippen molar-refractivity contribution in [1.82, 2.24) is 10.6 Å². The third-order valence-electron chi connectivity index (χ3n) is 6.38. The maximum absolute atomic E-state index is 11.6. The molecule has 0 aliphatic rings. The third kappa shape index (κ3) is 28.8. The largest absolute Gasteiger partial charge is 0.480 e. The molecular weight excluding hydrogens is 502 g/mol. The number of aliphatic carboxylic acids is 1. The SMILES string of the molecule is CC(C)[C@H](N)C(=O)O.CCCCCCCCCCCCCCCCCCNC(=O)OCC(CO)OC(=O)NC. The number of hydrogen-bond acceptors (Lipinski definition) is 7. The normalized spacial score (nSPS) is 12.2. The van der Waals surface area contributed by atoms with Crippen molar-refractivity contribution in [2.24, 2.45) is 11.7 Å². The number of ether oxygens (including phenoxy) is 2. The summed E-state index contributed by atoms with van der Waals surface area (Å²) < 4.78 is 9.79. The van der Waals surface area contributed by atoms with Crippen molar-refractivity contribution in [2.75, 3.05) is 26.8 Å². The standard InChI is InChI=1S/C24H48N2O5.C5H11NO2/c1-3-4-5-6-7-8-9-10-11-12-13-14-15-16-17-18-19-26-24(29)30-21-22(20-27)31-23(28)25-2;1-3(2)4(6)5(7)8/h22,27H,3-21H2,1-2H3,(H,25,28)(H,26,29);3-4H,6H2,1-2H3,(H,7,8)/t;4-/m.0/s1. The summed E-state index contributed by atoms with van der Waals surface area (Å²) in [5.74, 6) is -0.910. The Bertz CT molecular complexity index is 591. The topological polar surface area (TPSA) is 160 Å². The maximum Gasteiger partial charge on any atom is 0.407 e. The Morgan fingerprint density at radius 3 is 1.54 bits per heavy atom. The van der Waals surface area contributed by atoms with Crippen LogP contribution in [0.25, 0.3) is 0 Å². The van der Waals surface area contributed by atoms with Crippen LogP contribution >= 0.6 is 0 Å². The first kappa shape index (κ1) is 39.1. The smallest absolute Gasteiger partial charge is 0.407 e. The molecule has 0 saturated heterocycles. The molecule has 0 rings (SSSR count). The van der Waals surface area contributed by atoms with E-state index in [0.717, 1.165) is 12.8 Å². The second kappa shape index (κ2) is 28.9. The number of carboxylic acids is 1. The van der Waals surface area contributed by atoms with Gasteiger partial charge in [-0.3, -0.25) is 4.79 Å². The summed E-state index contributed by atoms with van der Waals surface area (Å²) in [5.41, 5.74) is 5.16. The number of carboxylic acid groups (broad SMARTS) is 1. The lowest BCUT2D eigenvalue weighted by atomic mass is 10.0. The van der Waals surface area contributed by atoms with Crippen LogP contribution in [-0.4, -0.2) is 67.3 Å². The van der Waals surface area contributed by atoms with Gasteiger partial charge < -0.3 is 36.1 Å². The van der Waals surface area contributed by atoms with E-state index in [1.807, 2.05) is 0 Å². The summed E-state index contributed by atoms with van der Waals surface area (Å²) in [7, 11) is 1.42. The van der Waals surface area contributed by atoms with E-state index >= 15 is 0 Å². The Hall–Kier alpha value is -2.07. The molecule has 0 aliphatic carbocycles. The fourth-order valence-corrected chi connectivity index (χ4v) is 3.70. The molecule has 39 heavy (non-hydrogen) atoms. The van der Waals surface area contributed by atoms with Crippen molar-refractivity contribution in [3.05, 3.63) is 0 Å². The fourth-order valence-electron chi connectivity index (χ4n) is 3.70. The number of aliphatic hydroxyl groups is 1. The van der Waals surface area contributed by atoms with Gasteiger partial charge in [-0.05, 0) is 12.3 Å². The molecule has 6 N–H and O–H groups in total. The molecular formula is C29H59N3O7. The van der Waals surface area contributed by atoms with E-state index in [1.165, 1.54) is 96.9 Å². The summed E-state index contributed by atoms with van der Waals surface area (Å²) in [6, 6.07) is -0.713. The lowest BCUT2D eigenvalue weighted by Crippen LogP contribution is -2.34. The summed E-state index contributed by atoms with van der Waals surface area (Å²) in [5, 5.41) is 22.3. The van der Waals surface area contributed by atoms with Gasteiger partial charge in [0, 0.05) is 13.6 Å². The molecule has 232 valence electrons. The van der Waals surface area contributed by atoms with Gasteiger partial charge in [-0.15, -0.1) is 0 Å². The van der Waals surface area contributed by atoms with Crippen LogP contribution in [0.4, 0.5) is 9.59 Å². The van der Waals surface area contributed by atoms with Crippen LogP contribution in [0.1, 0.15) is 124 Å². The van der Waals surface area contributed by atoms with Crippen LogP contribution in [0.2, 0.25) is 0 Å². The Morgan fingerprint density at radius 1 is 0.769 bits per heavy atom. The fraction of sp³-hybridized carbons (Fsp3) is 0.897. The first-order valence-electron chi connectivity index (χ1n) is 15.1. The molecule has 1 unspecified atom stereocenters. The van der Waals surface area contributed by atoms with Crippen molar-refractivity contribution in [3.8, 4) is 0 Å². The van der Waals surface area contributed by atoms with Crippen molar-refractivity contribution in [2.45, 2.75) is 136 Å². The highest BCUT2D eigenvalue weighted by Crippen LogP contribution is 2.13. The van der Waals surface area contributed by atoms with E-state index in [0.29, 0.717) is 6.54 Å². The minimum absolute atomic E-state index is 0.0208. The molecule has 0 aliphatic heterocycles. The molecule has 2 amide bonds. The molecule has 0 saturated carbocycles. The first-order chi connectivity index (χ1) is 18.7. The molecule has 0 aromatic carbocycles. The molecule has 0 radical (unpaired) electrons. The van der Waals surface area contributed by atoms with Gasteiger partial charge in [0.2, 0.25) is 0 Å². The Kier molecular flexibility index (Phi) is 29.0. The summed E-state index contributed by atoms with van der Waals surface area (Å²) in [4.78, 5) is 32.7. The van der Waals surface area contributed by atoms with E-state index in [2.05, 4.69) is 17.6 Å². The highest BCUT2D eigenvalue weighted by molar-refractivity contribution is 5.73. The van der Waals surface area contributed by atoms with Crippen molar-refractivity contribution >= 4 is 18.2 Å². The van der Waals surface area contributed by atoms with Crippen molar-refractivity contribution in [1.29, 1.82) is 0 Å². The Balaban J connectivity index is 0. The number of hydrogen-bond donors (Lipinski definition) is 5. The lowest BCUT2D eigenvalue weighted by Gasteiger charge is -2.15. The van der Waals surface area contributed by atoms with Crippen LogP contribution in [0.5, 0.6) is 0 Å². The minimum Gasteiger partial charge on any atom is -0.480 e. The zero-order valence-corrected chi connectivity index (χ0v) is 25.2. The highest BCUT2D eigenvalue weighted by Gasteiger charge is 2.15. The molecule has 0 fully saturated rings. The molecule has 0 heterocycles. The molecule has 0 aromatic heterocycles. The number of nitrogens with two attached hydrogens (primary N) is 1. The number of amides is 2. The number of aliphatic hydroxyl groups excluding tert-OH is 1. The summed E-state index contributed by atoms with van der Waals surface area (Å²) >= 11 is 0. The molecule has 10 nitrogen and oxygen atoms in total. The number of alkyl carbamates (subject to hydrolysis) is 2. The number of carbonyl (C=O) groups excluding carboxylic acids is 2. The van der Waals surface area contributed by atoms with Crippen LogP contribution < -0.4 is 16.4 Å². The third-order valence-corrected chi connectivity index (χ3v) is 6.38. The highest BCUT2D eigenvalue weighted by atomic mass is 16.6. The average Bonchev–Trinajstić information content (AvgIpc) is 2.92. The molecule has 10 heteroatoms. The summed E-state index contributed by atoms with van der Waals surface area (Å²) in [6.07, 6.45) is 19.0. The van der Waals surface area contributed by atoms with Crippen LogP contribution in [0.15, 0.2) is 0 Å². The second-order valence-electron chi connectivity index (χ2n) is 10.4. The Morgan fingerprint density at radius 2 is 1.21 bits per heavy atom. The number of rotatable bonds is 23. The number of nitrogens with one attached hydrogen (secondary N) is 2. The predicted octanol–water partition coefficient (Wildman–Crippen LogP) is 5.75. The van der Waals surface area contributed by atoms with Gasteiger partial charge in [0.1, 0.15) is 12.6 Å². The van der Waals surface area contributed by atoms with Gasteiger partial charge in [0.25, 0.3) is 0 Å². The van der Waals surface area contributed by atoms with Gasteiger partial charge in [-0.25, -0.2) is 9.59 Å². The van der Waals surface area contributed by atoms with E-state index in [4.69, 9.17) is 25.4 Å². The Labute approximate surface area is 237 Å². The van der Waals surface area contributed by atoms with E-state index in [1.54, 1.807) is 13.8 Å². The molecule has 2 atom stereocenters. The molecule has 0 bridgehead atoms. The quantitative estimate of drug-likeness (QED) is 0.0986. The average molecular weight is 562 g/mol. The maximum atomic E-state index is 11.6. The van der Waals surface area contributed by atoms with E-state index < -0.39 is 36.9 Å². The van der Waals surface area contributed by atoms with Crippen LogP contribution in [0, 0.1) is 5.92 Å². The molecule has 0 aromatic rings. The van der Waals surface area contributed by atoms with Gasteiger partial charge in [0.15, 0.2) is 6.10 Å². The van der Waals surface area contributed by atoms with Gasteiger partial charge in [-0.1, -0.05) is 117 Å². The minimum atomic E-state index is -0.931. The van der Waals surface area contributed by atoms with E-state index in [-0.39, 0.29) is 12.5 Å². The van der Waals surface area contributed by atoms with Gasteiger partial charge in [0.05, 0.1) is 6.61 Å². The number of carbonyl (C=O) groups is 3. The number of unbranched alkanes of at least 4 members (excludes halogenated alkanes) is 15. The van der Waals surface area contributed by atoms with Gasteiger partial charge in [-0.2, -0.15) is 0 Å². The molecule has 0 spiro atoms. The van der Waals surface area contributed by atoms with Crippen molar-refractivity contribution < 1.29 is 34.1 Å². The van der Waals surface area contributed by atoms with Crippen LogP contribution in [-0.2, 0) is 14.3 Å². The van der Waals surface area contributed by atoms with Crippen LogP contribution in [0.3, 0.4) is 0 Å². The van der Waals surface area contributed by atoms with Crippen molar-refractivity contribution in [3.63, 3.8) is 0 Å². The predicted molar refractivity (Wildman–Crippen MR) is 156 cm³/mol. The first-order valence-corrected chi connectivity index (χ1v) is 15.1. The zero-order chi connectivity index (χ0) is 29.7. The lowest BCUT2D eigenvalue weighted by molar-refractivity contribution is -0.139. The monoisotopic (exact) mass is 561 g/mol.